The summed E-state index contributed by atoms with van der Waals surface area (Å²) in [4.78, 5) is 0. The van der Waals surface area contributed by atoms with Gasteiger partial charge in [0, 0.05) is 0 Å². The fraction of sp³-hybridized carbons (Fsp3) is 0. The van der Waals surface area contributed by atoms with Crippen molar-refractivity contribution in [2.24, 2.45) is 0 Å². The van der Waals surface area contributed by atoms with Gasteiger partial charge < -0.3 is 16.4 Å². The van der Waals surface area contributed by atoms with Crippen LogP contribution >= 0.6 is 0 Å². The van der Waals surface area contributed by atoms with E-state index in [1.54, 1.807) is 0 Å². The Hall–Kier alpha value is 0.529. The summed E-state index contributed by atoms with van der Waals surface area (Å²) in [5, 5.41) is 0. The van der Waals surface area contributed by atoms with Gasteiger partial charge in [-0.2, -0.15) is 0 Å². The van der Waals surface area contributed by atoms with Gasteiger partial charge in [0.2, 0.25) is 0 Å². The van der Waals surface area contributed by atoms with Gasteiger partial charge in [0.1, 0.15) is 0 Å². The molecule has 0 aromatic heterocycles. The molecule has 4 heteroatoms. The van der Waals surface area contributed by atoms with Crippen LogP contribution in [0.15, 0.2) is 0 Å². The van der Waals surface area contributed by atoms with Crippen molar-refractivity contribution in [3.05, 3.63) is 0 Å². The Labute approximate surface area is 37.3 Å². The van der Waals surface area contributed by atoms with E-state index in [9.17, 15) is 0 Å². The molecule has 0 unspecified atom stereocenters. The van der Waals surface area contributed by atoms with E-state index in [1.165, 1.54) is 0 Å². The van der Waals surface area contributed by atoms with Crippen LogP contribution in [-0.4, -0.2) is 5.48 Å². The van der Waals surface area contributed by atoms with Crippen molar-refractivity contribution >= 4 is 0 Å². The van der Waals surface area contributed by atoms with Crippen LogP contribution in [-0.2, 0) is 31.1 Å². The standard InChI is InChI=1S/Ir.H2O.2O/h;1H2;;/q+4;;2*-2. The Morgan fingerprint density at radius 2 is 0.750 bits per heavy atom. The molecule has 0 rings (SSSR count). The zero-order valence-corrected chi connectivity index (χ0v) is 4.04. The van der Waals surface area contributed by atoms with Gasteiger partial charge in [-0.15, -0.1) is 0 Å². The molecule has 0 heterocycles. The van der Waals surface area contributed by atoms with Crippen molar-refractivity contribution in [1.82, 2.24) is 0 Å². The minimum atomic E-state index is 0. The molecule has 4 heavy (non-hydrogen) atoms. The number of hydrogen-bond acceptors (Lipinski definition) is 0. The first kappa shape index (κ1) is 201. The van der Waals surface area contributed by atoms with Gasteiger partial charge in [0.25, 0.3) is 0 Å². The molecule has 0 aromatic carbocycles. The van der Waals surface area contributed by atoms with Crippen molar-refractivity contribution in [2.75, 3.05) is 0 Å². The van der Waals surface area contributed by atoms with E-state index in [4.69, 9.17) is 0 Å². The number of hydrogen-bond donors (Lipinski definition) is 0. The fourth-order valence-electron chi connectivity index (χ4n) is 0. The minimum absolute atomic E-state index is 0. The SMILES string of the molecule is O.[Ir+4].[O-2].[O-2]. The second-order valence-electron chi connectivity index (χ2n) is 0. The van der Waals surface area contributed by atoms with Gasteiger partial charge >= 0.3 is 20.1 Å². The second-order valence-corrected chi connectivity index (χ2v) is 0. The van der Waals surface area contributed by atoms with Gasteiger partial charge in [0.15, 0.2) is 0 Å². The summed E-state index contributed by atoms with van der Waals surface area (Å²) in [5.74, 6) is 0. The van der Waals surface area contributed by atoms with E-state index in [1.807, 2.05) is 0 Å². The average molecular weight is 242 g/mol. The van der Waals surface area contributed by atoms with Gasteiger partial charge in [-0.1, -0.05) is 0 Å². The van der Waals surface area contributed by atoms with Crippen molar-refractivity contribution in [2.45, 2.75) is 0 Å². The van der Waals surface area contributed by atoms with Crippen LogP contribution in [0.1, 0.15) is 0 Å². The maximum absolute atomic E-state index is 0. The maximum atomic E-state index is 0. The number of rotatable bonds is 0. The normalized spacial score (nSPS) is 0. The fourth-order valence-corrected chi connectivity index (χ4v) is 0. The zero-order valence-electron chi connectivity index (χ0n) is 1.65. The van der Waals surface area contributed by atoms with Crippen molar-refractivity contribution in [3.63, 3.8) is 0 Å². The molecule has 1 radical (unpaired) electrons. The summed E-state index contributed by atoms with van der Waals surface area (Å²) in [7, 11) is 0. The summed E-state index contributed by atoms with van der Waals surface area (Å²) in [6.07, 6.45) is 0. The first-order valence-electron chi connectivity index (χ1n) is 0. The van der Waals surface area contributed by atoms with Gasteiger partial charge in [-0.05, 0) is 0 Å². The van der Waals surface area contributed by atoms with Crippen molar-refractivity contribution < 1.29 is 36.5 Å². The third kappa shape index (κ3) is 21.1. The molecule has 0 spiro atoms. The quantitative estimate of drug-likeness (QED) is 0.518. The molecule has 29 valence electrons. The summed E-state index contributed by atoms with van der Waals surface area (Å²) in [5.41, 5.74) is 0. The molecule has 3 nitrogen and oxygen atoms in total. The average Bonchev–Trinajstić information content (AvgIpc) is 0. The van der Waals surface area contributed by atoms with Crippen LogP contribution in [0.3, 0.4) is 0 Å². The first-order valence-corrected chi connectivity index (χ1v) is 0. The van der Waals surface area contributed by atoms with Gasteiger partial charge in [-0.25, -0.2) is 0 Å². The topological polar surface area (TPSA) is 88.5 Å². The van der Waals surface area contributed by atoms with E-state index in [-0.39, 0.29) is 36.5 Å². The third-order valence-corrected chi connectivity index (χ3v) is 0. The predicted molar refractivity (Wildman–Crippen MR) is 4.99 cm³/mol. The van der Waals surface area contributed by atoms with E-state index in [0.29, 0.717) is 0 Å². The molecule has 0 amide bonds. The van der Waals surface area contributed by atoms with Crippen LogP contribution in [0.4, 0.5) is 0 Å². The summed E-state index contributed by atoms with van der Waals surface area (Å²) in [6.45, 7) is 0. The Morgan fingerprint density at radius 1 is 0.750 bits per heavy atom. The van der Waals surface area contributed by atoms with Crippen LogP contribution in [0, 0.1) is 0 Å². The molecule has 0 aliphatic heterocycles. The van der Waals surface area contributed by atoms with E-state index in [2.05, 4.69) is 0 Å². The molecule has 0 atom stereocenters. The summed E-state index contributed by atoms with van der Waals surface area (Å²) in [6, 6.07) is 0. The Balaban J connectivity index is 0. The molecule has 0 aliphatic rings. The summed E-state index contributed by atoms with van der Waals surface area (Å²) >= 11 is 0. The van der Waals surface area contributed by atoms with Gasteiger partial charge in [-0.3, -0.25) is 0 Å². The largest absolute Gasteiger partial charge is 4.00 e. The summed E-state index contributed by atoms with van der Waals surface area (Å²) < 4.78 is 0. The van der Waals surface area contributed by atoms with Gasteiger partial charge in [0.05, 0.1) is 0 Å². The third-order valence-electron chi connectivity index (χ3n) is 0. The van der Waals surface area contributed by atoms with Crippen LogP contribution in [0.2, 0.25) is 0 Å². The Morgan fingerprint density at radius 3 is 0.750 bits per heavy atom. The molecular formula is H2IrO3. The molecule has 2 N–H and O–H groups in total. The van der Waals surface area contributed by atoms with Crippen molar-refractivity contribution in [3.8, 4) is 0 Å². The first-order chi connectivity index (χ1) is 0. The molecule has 0 saturated heterocycles. The Kier molecular flexibility index (Phi) is 4060. The molecule has 0 aromatic rings. The monoisotopic (exact) mass is 243 g/mol. The molecule has 0 aliphatic carbocycles. The van der Waals surface area contributed by atoms with Crippen LogP contribution in [0.25, 0.3) is 0 Å². The zero-order chi connectivity index (χ0) is 0. The Bertz CT molecular complexity index is 3.25. The predicted octanol–water partition coefficient (Wildman–Crippen LogP) is -1.06. The molecular weight excluding hydrogens is 240 g/mol. The van der Waals surface area contributed by atoms with Crippen molar-refractivity contribution in [1.29, 1.82) is 0 Å². The van der Waals surface area contributed by atoms with Crippen LogP contribution < -0.4 is 0 Å². The molecule has 0 fully saturated rings. The second kappa shape index (κ2) is 80.6. The minimum Gasteiger partial charge on any atom is -2.00 e. The molecule has 0 bridgehead atoms. The van der Waals surface area contributed by atoms with Crippen LogP contribution in [0.5, 0.6) is 0 Å². The van der Waals surface area contributed by atoms with E-state index in [0.717, 1.165) is 0 Å². The smallest absolute Gasteiger partial charge is 2.00 e. The van der Waals surface area contributed by atoms with E-state index >= 15 is 0 Å². The molecule has 0 saturated carbocycles. The maximum Gasteiger partial charge on any atom is 4.00 e. The van der Waals surface area contributed by atoms with E-state index < -0.39 is 0 Å².